The largest absolute Gasteiger partial charge is 0.375 e. The lowest BCUT2D eigenvalue weighted by atomic mass is 9.91. The van der Waals surface area contributed by atoms with E-state index in [1.165, 1.54) is 6.33 Å². The molecule has 17 heteroatoms. The van der Waals surface area contributed by atoms with Gasteiger partial charge in [-0.15, -0.1) is 0 Å². The lowest BCUT2D eigenvalue weighted by Crippen LogP contribution is -2.61. The molecular weight excluding hydrogens is 733 g/mol. The minimum absolute atomic E-state index is 0.116. The van der Waals surface area contributed by atoms with Gasteiger partial charge in [-0.2, -0.15) is 0 Å². The number of nitrogens with two attached hydrogens (primary N) is 3. The fraction of sp³-hybridized carbons (Fsp3) is 0.769. The second-order valence-corrected chi connectivity index (χ2v) is 18.4. The highest BCUT2D eigenvalue weighted by Gasteiger charge is 2.38. The highest BCUT2D eigenvalue weighted by atomic mass is 28.3. The van der Waals surface area contributed by atoms with Crippen LogP contribution >= 0.6 is 0 Å². The zero-order valence-corrected chi connectivity index (χ0v) is 36.0. The van der Waals surface area contributed by atoms with Gasteiger partial charge in [0.25, 0.3) is 0 Å². The number of nitrogens with zero attached hydrogens (tertiary/aromatic N) is 3. The molecule has 318 valence electrons. The Morgan fingerprint density at radius 1 is 0.929 bits per heavy atom. The second kappa shape index (κ2) is 26.3. The molecule has 0 bridgehead atoms. The minimum Gasteiger partial charge on any atom is -0.375 e. The summed E-state index contributed by atoms with van der Waals surface area (Å²) in [6.45, 7) is 10.4. The van der Waals surface area contributed by atoms with Crippen LogP contribution in [0.2, 0.25) is 6.04 Å². The number of hydrogen-bond acceptors (Lipinski definition) is 11. The van der Waals surface area contributed by atoms with Gasteiger partial charge in [-0.25, -0.2) is 9.97 Å². The SMILES string of the molecule is CCCCCC[C@@H](OC[C@@H](C)NC(=O)[C@@H](C)CNc1cc(CN)ncn1)[C@@H](C)C(=O)N(C)[Si@@H](CCC)C(=O)N[C@H](C(=O)N[C@@H](CN)C(N)=O)C1CCCCCC1. The third-order valence-corrected chi connectivity index (χ3v) is 13.8. The first kappa shape index (κ1) is 48.5. The van der Waals surface area contributed by atoms with Crippen LogP contribution in [0.25, 0.3) is 0 Å². The molecule has 0 radical (unpaired) electrons. The van der Waals surface area contributed by atoms with Gasteiger partial charge in [0.15, 0.2) is 0 Å². The van der Waals surface area contributed by atoms with Crippen LogP contribution in [0.5, 0.6) is 0 Å². The fourth-order valence-corrected chi connectivity index (χ4v) is 9.57. The molecule has 1 aromatic rings. The lowest BCUT2D eigenvalue weighted by molar-refractivity contribution is -0.136. The Labute approximate surface area is 336 Å². The number of primary amides is 1. The lowest BCUT2D eigenvalue weighted by Gasteiger charge is -2.34. The van der Waals surface area contributed by atoms with Gasteiger partial charge in [-0.05, 0) is 38.1 Å². The Kier molecular flexibility index (Phi) is 22.8. The molecule has 1 fully saturated rings. The maximum atomic E-state index is 14.2. The van der Waals surface area contributed by atoms with Gasteiger partial charge < -0.3 is 47.8 Å². The molecule has 1 aromatic heterocycles. The predicted octanol–water partition coefficient (Wildman–Crippen LogP) is 2.63. The Balaban J connectivity index is 2.15. The number of unbranched alkanes of at least 4 members (excludes halogenated alkanes) is 3. The molecular formula is C39H72N10O6Si. The third-order valence-electron chi connectivity index (χ3n) is 10.7. The smallest absolute Gasteiger partial charge is 0.245 e. The van der Waals surface area contributed by atoms with Gasteiger partial charge in [-0.3, -0.25) is 24.0 Å². The van der Waals surface area contributed by atoms with Crippen LogP contribution in [0, 0.1) is 17.8 Å². The number of carbonyl (C=O) groups excluding carboxylic acids is 5. The van der Waals surface area contributed by atoms with E-state index in [4.69, 9.17) is 21.9 Å². The molecule has 1 aliphatic rings. The summed E-state index contributed by atoms with van der Waals surface area (Å²) in [7, 11) is -0.954. The van der Waals surface area contributed by atoms with E-state index in [1.807, 2.05) is 27.7 Å². The predicted molar refractivity (Wildman–Crippen MR) is 222 cm³/mol. The van der Waals surface area contributed by atoms with E-state index in [-0.39, 0.29) is 48.4 Å². The highest BCUT2D eigenvalue weighted by molar-refractivity contribution is 6.89. The first-order valence-electron chi connectivity index (χ1n) is 20.8. The van der Waals surface area contributed by atoms with E-state index in [0.717, 1.165) is 64.2 Å². The van der Waals surface area contributed by atoms with E-state index < -0.39 is 44.9 Å². The summed E-state index contributed by atoms with van der Waals surface area (Å²) in [5.74, 6) is -1.99. The molecule has 7 atom stereocenters. The molecule has 0 unspecified atom stereocenters. The zero-order valence-electron chi connectivity index (χ0n) is 34.8. The molecule has 5 amide bonds. The van der Waals surface area contributed by atoms with Crippen LogP contribution in [-0.2, 0) is 30.5 Å². The summed E-state index contributed by atoms with van der Waals surface area (Å²) < 4.78 is 8.03. The number of aromatic nitrogens is 2. The molecule has 2 rings (SSSR count). The normalized spacial score (nSPS) is 17.2. The van der Waals surface area contributed by atoms with E-state index in [0.29, 0.717) is 43.5 Å². The van der Waals surface area contributed by atoms with Crippen LogP contribution in [0.1, 0.15) is 117 Å². The van der Waals surface area contributed by atoms with E-state index in [9.17, 15) is 24.0 Å². The summed E-state index contributed by atoms with van der Waals surface area (Å²) >= 11 is 0. The molecule has 1 heterocycles. The van der Waals surface area contributed by atoms with Crippen molar-refractivity contribution < 1.29 is 28.7 Å². The Bertz CT molecular complexity index is 1370. The molecule has 0 aliphatic heterocycles. The maximum Gasteiger partial charge on any atom is 0.245 e. The molecule has 1 aliphatic carbocycles. The van der Waals surface area contributed by atoms with Crippen LogP contribution in [0.4, 0.5) is 10.6 Å². The van der Waals surface area contributed by atoms with Gasteiger partial charge in [0, 0.05) is 38.8 Å². The van der Waals surface area contributed by atoms with E-state index >= 15 is 0 Å². The van der Waals surface area contributed by atoms with Crippen LogP contribution < -0.4 is 38.5 Å². The molecule has 0 spiro atoms. The van der Waals surface area contributed by atoms with Gasteiger partial charge in [0.05, 0.1) is 30.2 Å². The fourth-order valence-electron chi connectivity index (χ4n) is 7.11. The average Bonchev–Trinajstić information content (AvgIpc) is 3.48. The van der Waals surface area contributed by atoms with Crippen LogP contribution in [-0.4, -0.2) is 104 Å². The molecule has 0 saturated heterocycles. The first-order chi connectivity index (χ1) is 26.8. The van der Waals surface area contributed by atoms with E-state index in [2.05, 4.69) is 38.2 Å². The van der Waals surface area contributed by atoms with Crippen molar-refractivity contribution >= 4 is 43.9 Å². The minimum atomic E-state index is -2.64. The van der Waals surface area contributed by atoms with Crippen LogP contribution in [0.3, 0.4) is 0 Å². The number of anilines is 1. The molecule has 10 N–H and O–H groups in total. The van der Waals surface area contributed by atoms with Crippen molar-refractivity contribution in [1.29, 1.82) is 0 Å². The number of hydrogen-bond donors (Lipinski definition) is 7. The summed E-state index contributed by atoms with van der Waals surface area (Å²) in [6.07, 6.45) is 11.9. The number of carbonyl (C=O) groups is 5. The molecule has 16 nitrogen and oxygen atoms in total. The summed E-state index contributed by atoms with van der Waals surface area (Å²) in [6, 6.07) is 0.0345. The van der Waals surface area contributed by atoms with Crippen molar-refractivity contribution in [1.82, 2.24) is 30.5 Å². The number of ether oxygens (including phenoxy) is 1. The van der Waals surface area contributed by atoms with Gasteiger partial charge >= 0.3 is 0 Å². The summed E-state index contributed by atoms with van der Waals surface area (Å²) in [5, 5.41) is 11.9. The van der Waals surface area contributed by atoms with E-state index in [1.54, 1.807) is 17.7 Å². The monoisotopic (exact) mass is 805 g/mol. The first-order valence-corrected chi connectivity index (χ1v) is 22.7. The van der Waals surface area contributed by atoms with Gasteiger partial charge in [-0.1, -0.05) is 85.5 Å². The van der Waals surface area contributed by atoms with Crippen molar-refractivity contribution in [3.8, 4) is 0 Å². The standard InChI is InChI=1S/C39H72N10O6Si/c1-7-9-10-15-18-32(55-24-27(4)46-36(51)26(3)23-43-33-20-30(21-40)44-25-45-33)28(5)38(53)49(6)56(19-8-2)39(54)48-34(29-16-13-11-12-14-17-29)37(52)47-31(22-41)35(42)50/h20,25-29,31-32,34,56H,7-19,21-24,40-41H2,1-6H3,(H2,42,50)(H,46,51)(H,47,52)(H,48,54)(H,43,44,45)/t26-,27+,28+,31-,32+,34-,56-/m0/s1. The van der Waals surface area contributed by atoms with Crippen LogP contribution in [0.15, 0.2) is 12.4 Å². The summed E-state index contributed by atoms with van der Waals surface area (Å²) in [5.41, 5.74) is 17.3. The Hall–Kier alpha value is -3.67. The van der Waals surface area contributed by atoms with Crippen molar-refractivity contribution in [2.75, 3.05) is 32.1 Å². The Morgan fingerprint density at radius 3 is 2.23 bits per heavy atom. The highest BCUT2D eigenvalue weighted by Crippen LogP contribution is 2.27. The summed E-state index contributed by atoms with van der Waals surface area (Å²) in [4.78, 5) is 75.2. The topological polar surface area (TPSA) is 250 Å². The third kappa shape index (κ3) is 16.4. The second-order valence-electron chi connectivity index (χ2n) is 15.5. The van der Waals surface area contributed by atoms with Crippen molar-refractivity contribution in [2.45, 2.75) is 148 Å². The molecule has 0 aromatic carbocycles. The number of amides is 5. The van der Waals surface area contributed by atoms with Crippen molar-refractivity contribution in [3.05, 3.63) is 18.1 Å². The van der Waals surface area contributed by atoms with Gasteiger partial charge in [0.1, 0.15) is 24.2 Å². The van der Waals surface area contributed by atoms with Crippen molar-refractivity contribution in [2.24, 2.45) is 35.0 Å². The maximum absolute atomic E-state index is 14.2. The molecule has 56 heavy (non-hydrogen) atoms. The quantitative estimate of drug-likeness (QED) is 0.0407. The Morgan fingerprint density at radius 2 is 1.62 bits per heavy atom. The average molecular weight is 805 g/mol. The molecule has 1 saturated carbocycles. The zero-order chi connectivity index (χ0) is 41.6. The van der Waals surface area contributed by atoms with Crippen molar-refractivity contribution in [3.63, 3.8) is 0 Å². The number of rotatable bonds is 26. The van der Waals surface area contributed by atoms with Gasteiger partial charge in [0.2, 0.25) is 38.1 Å². The number of nitrogens with one attached hydrogen (secondary N) is 4.